The Balaban J connectivity index is 1.67. The Morgan fingerprint density at radius 2 is 2.00 bits per heavy atom. The van der Waals surface area contributed by atoms with Gasteiger partial charge in [-0.3, -0.25) is 14.4 Å². The van der Waals surface area contributed by atoms with Crippen LogP contribution in [0, 0.1) is 0 Å². The van der Waals surface area contributed by atoms with Crippen LogP contribution in [-0.4, -0.2) is 65.0 Å². The van der Waals surface area contributed by atoms with Gasteiger partial charge in [0.15, 0.2) is 0 Å². The van der Waals surface area contributed by atoms with Gasteiger partial charge in [0.05, 0.1) is 5.57 Å². The molecule has 1 N–H and O–H groups in total. The number of likely N-dealkylation sites (tertiary alicyclic amines) is 1. The Morgan fingerprint density at radius 3 is 2.74 bits per heavy atom. The average Bonchev–Trinajstić information content (AvgIpc) is 2.91. The largest absolute Gasteiger partial charge is 0.488 e. The monoisotopic (exact) mass is 372 g/mol. The Labute approximate surface area is 158 Å². The van der Waals surface area contributed by atoms with E-state index in [4.69, 9.17) is 9.84 Å². The van der Waals surface area contributed by atoms with E-state index in [0.29, 0.717) is 31.5 Å². The third-order valence-electron chi connectivity index (χ3n) is 5.04. The molecule has 2 aliphatic rings. The van der Waals surface area contributed by atoms with E-state index in [9.17, 15) is 14.4 Å². The summed E-state index contributed by atoms with van der Waals surface area (Å²) < 4.78 is 5.68. The van der Waals surface area contributed by atoms with Crippen molar-refractivity contribution in [2.24, 2.45) is 0 Å². The highest BCUT2D eigenvalue weighted by atomic mass is 16.5. The summed E-state index contributed by atoms with van der Waals surface area (Å²) in [6, 6.07) is 7.43. The molecule has 2 heterocycles. The molecule has 0 aliphatic carbocycles. The van der Waals surface area contributed by atoms with Crippen molar-refractivity contribution in [2.75, 3.05) is 26.2 Å². The molecule has 2 amide bonds. The van der Waals surface area contributed by atoms with Gasteiger partial charge in [0.1, 0.15) is 18.9 Å². The summed E-state index contributed by atoms with van der Waals surface area (Å²) in [5.41, 5.74) is 1.50. The number of carboxylic acids is 1. The smallest absolute Gasteiger partial charge is 0.323 e. The Bertz CT molecular complexity index is 773. The fourth-order valence-electron chi connectivity index (χ4n) is 3.68. The first-order valence-electron chi connectivity index (χ1n) is 9.16. The number of carbonyl (C=O) groups is 3. The normalized spacial score (nSPS) is 19.2. The molecule has 144 valence electrons. The molecular formula is C20H24N2O5. The second-order valence-electron chi connectivity index (χ2n) is 6.91. The first-order valence-corrected chi connectivity index (χ1v) is 9.16. The van der Waals surface area contributed by atoms with Gasteiger partial charge < -0.3 is 19.6 Å². The van der Waals surface area contributed by atoms with E-state index >= 15 is 0 Å². The maximum atomic E-state index is 12.9. The number of fused-ring (bicyclic) bond motifs is 1. The standard InChI is InChI=1S/C20H24N2O5/c1-14(23)22(12-19(24)25)17-6-4-9-21(10-8-17)20(26)16-11-15-5-2-3-7-18(15)27-13-16/h2-3,5,7,11,17H,4,6,8-10,12-13H2,1H3,(H,24,25). The lowest BCUT2D eigenvalue weighted by atomic mass is 10.1. The second-order valence-corrected chi connectivity index (χ2v) is 6.91. The predicted molar refractivity (Wildman–Crippen MR) is 99.2 cm³/mol. The Kier molecular flexibility index (Phi) is 5.78. The zero-order chi connectivity index (χ0) is 19.4. The maximum Gasteiger partial charge on any atom is 0.323 e. The fourth-order valence-corrected chi connectivity index (χ4v) is 3.68. The molecular weight excluding hydrogens is 348 g/mol. The molecule has 0 radical (unpaired) electrons. The van der Waals surface area contributed by atoms with Crippen LogP contribution in [0.2, 0.25) is 0 Å². The van der Waals surface area contributed by atoms with E-state index in [1.807, 2.05) is 30.3 Å². The molecule has 1 atom stereocenters. The number of aliphatic carboxylic acids is 1. The van der Waals surface area contributed by atoms with Crippen LogP contribution in [-0.2, 0) is 14.4 Å². The maximum absolute atomic E-state index is 12.9. The molecule has 0 spiro atoms. The molecule has 3 rings (SSSR count). The number of hydrogen-bond donors (Lipinski definition) is 1. The van der Waals surface area contributed by atoms with E-state index in [2.05, 4.69) is 0 Å². The summed E-state index contributed by atoms with van der Waals surface area (Å²) in [6.07, 6.45) is 3.86. The molecule has 1 saturated heterocycles. The van der Waals surface area contributed by atoms with Gasteiger partial charge >= 0.3 is 5.97 Å². The number of amides is 2. The summed E-state index contributed by atoms with van der Waals surface area (Å²) in [5, 5.41) is 9.04. The van der Waals surface area contributed by atoms with Crippen LogP contribution in [0.5, 0.6) is 5.75 Å². The third-order valence-corrected chi connectivity index (χ3v) is 5.04. The molecule has 0 aromatic heterocycles. The number of ether oxygens (including phenoxy) is 1. The van der Waals surface area contributed by atoms with Gasteiger partial charge in [0, 0.05) is 31.6 Å². The highest BCUT2D eigenvalue weighted by molar-refractivity contribution is 5.99. The zero-order valence-corrected chi connectivity index (χ0v) is 15.4. The molecule has 1 unspecified atom stereocenters. The van der Waals surface area contributed by atoms with Gasteiger partial charge in [-0.05, 0) is 31.4 Å². The van der Waals surface area contributed by atoms with E-state index < -0.39 is 5.97 Å². The van der Waals surface area contributed by atoms with Crippen molar-refractivity contribution in [1.82, 2.24) is 9.80 Å². The van der Waals surface area contributed by atoms with Gasteiger partial charge in [0.2, 0.25) is 5.91 Å². The van der Waals surface area contributed by atoms with Crippen molar-refractivity contribution in [3.05, 3.63) is 35.4 Å². The van der Waals surface area contributed by atoms with Crippen molar-refractivity contribution in [2.45, 2.75) is 32.2 Å². The van der Waals surface area contributed by atoms with Crippen LogP contribution in [0.15, 0.2) is 29.8 Å². The van der Waals surface area contributed by atoms with Crippen molar-refractivity contribution < 1.29 is 24.2 Å². The van der Waals surface area contributed by atoms with E-state index in [1.165, 1.54) is 11.8 Å². The van der Waals surface area contributed by atoms with Crippen LogP contribution in [0.1, 0.15) is 31.7 Å². The first kappa shape index (κ1) is 18.9. The van der Waals surface area contributed by atoms with Crippen molar-refractivity contribution in [3.63, 3.8) is 0 Å². The summed E-state index contributed by atoms with van der Waals surface area (Å²) >= 11 is 0. The number of benzene rings is 1. The number of para-hydroxylation sites is 1. The molecule has 2 aliphatic heterocycles. The lowest BCUT2D eigenvalue weighted by molar-refractivity contribution is -0.145. The Hall–Kier alpha value is -2.83. The number of nitrogens with zero attached hydrogens (tertiary/aromatic N) is 2. The summed E-state index contributed by atoms with van der Waals surface area (Å²) in [6.45, 7) is 2.41. The lowest BCUT2D eigenvalue weighted by Gasteiger charge is -2.29. The minimum atomic E-state index is -1.02. The van der Waals surface area contributed by atoms with Crippen LogP contribution < -0.4 is 4.74 Å². The van der Waals surface area contributed by atoms with Gasteiger partial charge in [0.25, 0.3) is 5.91 Å². The fraction of sp³-hybridized carbons (Fsp3) is 0.450. The highest BCUT2D eigenvalue weighted by Gasteiger charge is 2.29. The topological polar surface area (TPSA) is 87.2 Å². The molecule has 0 bridgehead atoms. The summed E-state index contributed by atoms with van der Waals surface area (Å²) in [5.74, 6) is -0.554. The van der Waals surface area contributed by atoms with Crippen molar-refractivity contribution in [3.8, 4) is 5.75 Å². The predicted octanol–water partition coefficient (Wildman–Crippen LogP) is 1.78. The van der Waals surface area contributed by atoms with Gasteiger partial charge in [-0.1, -0.05) is 18.2 Å². The number of rotatable bonds is 4. The summed E-state index contributed by atoms with van der Waals surface area (Å²) in [4.78, 5) is 39.0. The van der Waals surface area contributed by atoms with Crippen LogP contribution in [0.25, 0.3) is 6.08 Å². The van der Waals surface area contributed by atoms with Crippen LogP contribution >= 0.6 is 0 Å². The van der Waals surface area contributed by atoms with E-state index in [1.54, 1.807) is 4.90 Å². The van der Waals surface area contributed by atoms with Gasteiger partial charge in [-0.2, -0.15) is 0 Å². The molecule has 7 nitrogen and oxygen atoms in total. The molecule has 1 aromatic rings. The second kappa shape index (κ2) is 8.24. The number of carbonyl (C=O) groups excluding carboxylic acids is 2. The SMILES string of the molecule is CC(=O)N(CC(=O)O)C1CCCN(C(=O)C2=Cc3ccccc3OC2)CC1. The van der Waals surface area contributed by atoms with E-state index in [-0.39, 0.29) is 31.0 Å². The van der Waals surface area contributed by atoms with E-state index in [0.717, 1.165) is 17.7 Å². The van der Waals surface area contributed by atoms with Gasteiger partial charge in [-0.15, -0.1) is 0 Å². The minimum Gasteiger partial charge on any atom is -0.488 e. The third kappa shape index (κ3) is 4.48. The van der Waals surface area contributed by atoms with Crippen molar-refractivity contribution in [1.29, 1.82) is 0 Å². The van der Waals surface area contributed by atoms with Crippen molar-refractivity contribution >= 4 is 23.9 Å². The summed E-state index contributed by atoms with van der Waals surface area (Å²) in [7, 11) is 0. The van der Waals surface area contributed by atoms with Gasteiger partial charge in [-0.25, -0.2) is 0 Å². The minimum absolute atomic E-state index is 0.0576. The quantitative estimate of drug-likeness (QED) is 0.870. The van der Waals surface area contributed by atoms with Crippen LogP contribution in [0.4, 0.5) is 0 Å². The lowest BCUT2D eigenvalue weighted by Crippen LogP contribution is -2.43. The molecule has 27 heavy (non-hydrogen) atoms. The molecule has 0 saturated carbocycles. The zero-order valence-electron chi connectivity index (χ0n) is 15.4. The number of carboxylic acid groups (broad SMARTS) is 1. The molecule has 1 fully saturated rings. The Morgan fingerprint density at radius 1 is 1.22 bits per heavy atom. The molecule has 7 heteroatoms. The number of hydrogen-bond acceptors (Lipinski definition) is 4. The molecule has 1 aromatic carbocycles. The average molecular weight is 372 g/mol. The first-order chi connectivity index (χ1) is 13.0. The van der Waals surface area contributed by atoms with Crippen LogP contribution in [0.3, 0.4) is 0 Å². The highest BCUT2D eigenvalue weighted by Crippen LogP contribution is 2.27.